The van der Waals surface area contributed by atoms with Gasteiger partial charge < -0.3 is 0 Å². The van der Waals surface area contributed by atoms with E-state index in [1.54, 1.807) is 12.1 Å². The van der Waals surface area contributed by atoms with Crippen LogP contribution in [0, 0.1) is 0 Å². The molecule has 1 N–H and O–H groups in total. The number of pyridine rings is 1. The molecular formula is C6H4Cl2NO+. The van der Waals surface area contributed by atoms with Crippen molar-refractivity contribution in [3.63, 3.8) is 0 Å². The van der Waals surface area contributed by atoms with E-state index < -0.39 is 0 Å². The molecule has 0 aliphatic carbocycles. The van der Waals surface area contributed by atoms with Crippen LogP contribution < -0.4 is 4.98 Å². The molecule has 0 unspecified atom stereocenters. The van der Waals surface area contributed by atoms with Crippen LogP contribution in [0.25, 0.3) is 0 Å². The van der Waals surface area contributed by atoms with Gasteiger partial charge in [-0.3, -0.25) is 4.79 Å². The highest BCUT2D eigenvalue weighted by molar-refractivity contribution is 6.33. The van der Waals surface area contributed by atoms with Crippen molar-refractivity contribution < 1.29 is 9.78 Å². The Morgan fingerprint density at radius 3 is 2.60 bits per heavy atom. The minimum Gasteiger partial charge on any atom is -0.291 e. The summed E-state index contributed by atoms with van der Waals surface area (Å²) in [5.74, 6) is 0. The molecule has 1 heterocycles. The first-order valence-corrected chi connectivity index (χ1v) is 3.32. The Morgan fingerprint density at radius 1 is 1.40 bits per heavy atom. The molecule has 10 heavy (non-hydrogen) atoms. The lowest BCUT2D eigenvalue weighted by Crippen LogP contribution is -2.11. The summed E-state index contributed by atoms with van der Waals surface area (Å²) >= 11 is 11.1. The van der Waals surface area contributed by atoms with E-state index in [2.05, 4.69) is 4.98 Å². The molecule has 0 aliphatic heterocycles. The Kier molecular flexibility index (Phi) is 2.25. The summed E-state index contributed by atoms with van der Waals surface area (Å²) in [6, 6.07) is 3.14. The Hall–Kier alpha value is -0.600. The van der Waals surface area contributed by atoms with E-state index in [1.807, 2.05) is 0 Å². The zero-order valence-electron chi connectivity index (χ0n) is 4.90. The SMILES string of the molecule is O=Cc1[nH+]c(Cl)ccc1Cl. The van der Waals surface area contributed by atoms with Crippen molar-refractivity contribution in [1.82, 2.24) is 0 Å². The number of carbonyl (C=O) groups is 1. The summed E-state index contributed by atoms with van der Waals surface area (Å²) in [6.07, 6.45) is 0.619. The van der Waals surface area contributed by atoms with E-state index in [0.717, 1.165) is 0 Å². The zero-order chi connectivity index (χ0) is 7.56. The second-order valence-electron chi connectivity index (χ2n) is 1.69. The second-order valence-corrected chi connectivity index (χ2v) is 2.50. The van der Waals surface area contributed by atoms with Gasteiger partial charge in [0.25, 0.3) is 10.8 Å². The molecule has 1 aromatic rings. The minimum atomic E-state index is 0.300. The molecule has 2 nitrogen and oxygen atoms in total. The van der Waals surface area contributed by atoms with Gasteiger partial charge in [0.2, 0.25) is 6.29 Å². The highest BCUT2D eigenvalue weighted by atomic mass is 35.5. The maximum Gasteiger partial charge on any atom is 0.273 e. The van der Waals surface area contributed by atoms with E-state index >= 15 is 0 Å². The van der Waals surface area contributed by atoms with Crippen LogP contribution in [0.2, 0.25) is 10.2 Å². The average Bonchev–Trinajstić information content (AvgIpc) is 1.94. The topological polar surface area (TPSA) is 31.2 Å². The highest BCUT2D eigenvalue weighted by Gasteiger charge is 2.07. The van der Waals surface area contributed by atoms with Crippen molar-refractivity contribution in [3.8, 4) is 0 Å². The van der Waals surface area contributed by atoms with Crippen molar-refractivity contribution in [3.05, 3.63) is 28.0 Å². The Labute approximate surface area is 67.8 Å². The van der Waals surface area contributed by atoms with Crippen molar-refractivity contribution >= 4 is 29.5 Å². The fourth-order valence-corrected chi connectivity index (χ4v) is 0.871. The number of nitrogens with one attached hydrogen (secondary N) is 1. The van der Waals surface area contributed by atoms with Gasteiger partial charge in [-0.15, -0.1) is 0 Å². The second kappa shape index (κ2) is 2.99. The first kappa shape index (κ1) is 7.51. The van der Waals surface area contributed by atoms with Crippen LogP contribution in [0.4, 0.5) is 0 Å². The molecule has 0 spiro atoms. The molecule has 1 rings (SSSR count). The van der Waals surface area contributed by atoms with Crippen molar-refractivity contribution in [1.29, 1.82) is 0 Å². The number of H-pyrrole nitrogens is 1. The van der Waals surface area contributed by atoms with E-state index in [4.69, 9.17) is 23.2 Å². The molecule has 0 radical (unpaired) electrons. The molecule has 52 valence electrons. The summed E-state index contributed by atoms with van der Waals surface area (Å²) in [6.45, 7) is 0. The molecule has 1 aromatic heterocycles. The average molecular weight is 177 g/mol. The van der Waals surface area contributed by atoms with Crippen molar-refractivity contribution in [2.45, 2.75) is 0 Å². The molecule has 0 fully saturated rings. The number of rotatable bonds is 1. The molecule has 0 aromatic carbocycles. The van der Waals surface area contributed by atoms with Gasteiger partial charge in [0.15, 0.2) is 0 Å². The van der Waals surface area contributed by atoms with E-state index in [9.17, 15) is 4.79 Å². The van der Waals surface area contributed by atoms with Gasteiger partial charge in [-0.2, -0.15) is 4.98 Å². The standard InChI is InChI=1S/C6H3Cl2NO/c7-4-1-2-6(8)9-5(4)3-10/h1-3H/p+1. The van der Waals surface area contributed by atoms with E-state index in [-0.39, 0.29) is 0 Å². The fraction of sp³-hybridized carbons (Fsp3) is 0. The highest BCUT2D eigenvalue weighted by Crippen LogP contribution is 2.10. The largest absolute Gasteiger partial charge is 0.291 e. The van der Waals surface area contributed by atoms with Gasteiger partial charge in [-0.1, -0.05) is 11.6 Å². The van der Waals surface area contributed by atoms with Crippen LogP contribution in [0.5, 0.6) is 0 Å². The van der Waals surface area contributed by atoms with E-state index in [0.29, 0.717) is 22.2 Å². The summed E-state index contributed by atoms with van der Waals surface area (Å²) in [4.78, 5) is 12.8. The lowest BCUT2D eigenvalue weighted by Gasteiger charge is -1.86. The predicted octanol–water partition coefficient (Wildman–Crippen LogP) is 1.62. The third kappa shape index (κ3) is 1.46. The van der Waals surface area contributed by atoms with Gasteiger partial charge in [-0.05, 0) is 17.7 Å². The van der Waals surface area contributed by atoms with E-state index in [1.165, 1.54) is 0 Å². The van der Waals surface area contributed by atoms with Gasteiger partial charge in [0.1, 0.15) is 5.02 Å². The Morgan fingerprint density at radius 2 is 2.10 bits per heavy atom. The summed E-state index contributed by atoms with van der Waals surface area (Å²) < 4.78 is 0. The number of hydrogen-bond donors (Lipinski definition) is 0. The molecule has 4 heteroatoms. The molecular weight excluding hydrogens is 173 g/mol. The third-order valence-electron chi connectivity index (χ3n) is 1.01. The summed E-state index contributed by atoms with van der Waals surface area (Å²) in [7, 11) is 0. The summed E-state index contributed by atoms with van der Waals surface area (Å²) in [5, 5.41) is 0.769. The Bertz CT molecular complexity index is 262. The molecule has 0 bridgehead atoms. The van der Waals surface area contributed by atoms with Gasteiger partial charge in [-0.25, -0.2) is 0 Å². The number of aromatic amines is 1. The number of halogens is 2. The molecule has 0 atom stereocenters. The molecule has 0 amide bonds. The maximum atomic E-state index is 10.2. The van der Waals surface area contributed by atoms with Crippen molar-refractivity contribution in [2.24, 2.45) is 0 Å². The first-order valence-electron chi connectivity index (χ1n) is 2.56. The van der Waals surface area contributed by atoms with Gasteiger partial charge in [0.05, 0.1) is 0 Å². The fourth-order valence-electron chi connectivity index (χ4n) is 0.552. The normalized spacial score (nSPS) is 9.40. The predicted molar refractivity (Wildman–Crippen MR) is 38.4 cm³/mol. The van der Waals surface area contributed by atoms with Gasteiger partial charge in [0, 0.05) is 6.07 Å². The molecule has 0 saturated heterocycles. The quantitative estimate of drug-likeness (QED) is 0.473. The maximum absolute atomic E-state index is 10.2. The third-order valence-corrected chi connectivity index (χ3v) is 1.56. The number of hydrogen-bond acceptors (Lipinski definition) is 1. The lowest BCUT2D eigenvalue weighted by atomic mass is 10.4. The lowest BCUT2D eigenvalue weighted by molar-refractivity contribution is -0.378. The van der Waals surface area contributed by atoms with Crippen LogP contribution in [0.15, 0.2) is 12.1 Å². The van der Waals surface area contributed by atoms with Crippen molar-refractivity contribution in [2.75, 3.05) is 0 Å². The number of aromatic nitrogens is 1. The zero-order valence-corrected chi connectivity index (χ0v) is 6.41. The monoisotopic (exact) mass is 176 g/mol. The van der Waals surface area contributed by atoms with Gasteiger partial charge >= 0.3 is 0 Å². The summed E-state index contributed by atoms with van der Waals surface area (Å²) in [5.41, 5.74) is 0.300. The smallest absolute Gasteiger partial charge is 0.273 e. The minimum absolute atomic E-state index is 0.300. The van der Waals surface area contributed by atoms with Crippen LogP contribution >= 0.6 is 23.2 Å². The number of aldehydes is 1. The number of carbonyl (C=O) groups excluding carboxylic acids is 1. The Balaban J connectivity index is 3.21. The first-order chi connectivity index (χ1) is 4.74. The van der Waals surface area contributed by atoms with Crippen LogP contribution in [0.1, 0.15) is 10.5 Å². The molecule has 0 aliphatic rings. The van der Waals surface area contributed by atoms with Crippen LogP contribution in [-0.2, 0) is 0 Å². The van der Waals surface area contributed by atoms with Crippen LogP contribution in [-0.4, -0.2) is 6.29 Å². The molecule has 0 saturated carbocycles. The van der Waals surface area contributed by atoms with Crippen LogP contribution in [0.3, 0.4) is 0 Å².